The topological polar surface area (TPSA) is 52.9 Å². The van der Waals surface area contributed by atoms with E-state index in [1.165, 1.54) is 11.0 Å². The lowest BCUT2D eigenvalue weighted by molar-refractivity contribution is -0.114. The molecule has 0 bridgehead atoms. The van der Waals surface area contributed by atoms with Crippen LogP contribution >= 0.6 is 11.6 Å². The minimum atomic E-state index is -0.712. The number of nitrogens with zero attached hydrogens (tertiary/aromatic N) is 2. The highest BCUT2D eigenvalue weighted by atomic mass is 35.5. The molecule has 2 aromatic carbocycles. The number of aliphatic hydroxyl groups is 1. The molecule has 0 radical (unpaired) electrons. The summed E-state index contributed by atoms with van der Waals surface area (Å²) in [5.74, 6) is -2.03. The van der Waals surface area contributed by atoms with Crippen LogP contribution in [0.15, 0.2) is 58.8 Å². The van der Waals surface area contributed by atoms with Gasteiger partial charge >= 0.3 is 0 Å². The van der Waals surface area contributed by atoms with Crippen molar-refractivity contribution in [1.29, 1.82) is 0 Å². The zero-order valence-corrected chi connectivity index (χ0v) is 13.7. The molecule has 0 unspecified atom stereocenters. The summed E-state index contributed by atoms with van der Waals surface area (Å²) in [4.78, 5) is 17.7. The van der Waals surface area contributed by atoms with E-state index in [-0.39, 0.29) is 30.0 Å². The van der Waals surface area contributed by atoms with Gasteiger partial charge in [-0.3, -0.25) is 9.79 Å². The number of anilines is 1. The van der Waals surface area contributed by atoms with Gasteiger partial charge in [-0.25, -0.2) is 8.78 Å². The van der Waals surface area contributed by atoms with Gasteiger partial charge in [0.05, 0.1) is 18.7 Å². The van der Waals surface area contributed by atoms with Crippen LogP contribution in [-0.4, -0.2) is 23.8 Å². The molecule has 2 aromatic rings. The van der Waals surface area contributed by atoms with Gasteiger partial charge in [0.15, 0.2) is 0 Å². The van der Waals surface area contributed by atoms with Crippen molar-refractivity contribution in [3.05, 3.63) is 76.0 Å². The molecule has 7 heteroatoms. The first-order valence-corrected chi connectivity index (χ1v) is 7.77. The number of halogens is 3. The van der Waals surface area contributed by atoms with E-state index in [4.69, 9.17) is 11.6 Å². The highest BCUT2D eigenvalue weighted by Crippen LogP contribution is 2.25. The molecule has 0 fully saturated rings. The molecular formula is C18H13ClF2N2O2. The van der Waals surface area contributed by atoms with E-state index in [9.17, 15) is 18.7 Å². The number of amides is 1. The molecule has 1 N–H and O–H groups in total. The monoisotopic (exact) mass is 362 g/mol. The van der Waals surface area contributed by atoms with Gasteiger partial charge in [-0.1, -0.05) is 17.7 Å². The van der Waals surface area contributed by atoms with Crippen molar-refractivity contribution in [2.75, 3.05) is 11.4 Å². The average Bonchev–Trinajstić information content (AvgIpc) is 2.86. The van der Waals surface area contributed by atoms with Crippen LogP contribution in [0.2, 0.25) is 5.02 Å². The molecule has 0 saturated heterocycles. The Morgan fingerprint density at radius 2 is 1.80 bits per heavy atom. The lowest BCUT2D eigenvalue weighted by Gasteiger charge is -2.15. The van der Waals surface area contributed by atoms with Crippen LogP contribution in [0.1, 0.15) is 5.56 Å². The Morgan fingerprint density at radius 3 is 2.44 bits per heavy atom. The number of aliphatic hydroxyl groups excluding tert-OH is 1. The maximum Gasteiger partial charge on any atom is 0.263 e. The van der Waals surface area contributed by atoms with E-state index in [1.807, 2.05) is 0 Å². The smallest absolute Gasteiger partial charge is 0.263 e. The molecule has 3 rings (SSSR count). The number of carbonyl (C=O) groups excluding carboxylic acids is 1. The van der Waals surface area contributed by atoms with Crippen molar-refractivity contribution in [3.8, 4) is 0 Å². The molecule has 0 aliphatic carbocycles. The van der Waals surface area contributed by atoms with E-state index >= 15 is 0 Å². The number of aliphatic imine (C=N–C) groups is 1. The molecule has 4 nitrogen and oxygen atoms in total. The van der Waals surface area contributed by atoms with Crippen molar-refractivity contribution >= 4 is 29.4 Å². The molecule has 0 spiro atoms. The Hall–Kier alpha value is -2.73. The SMILES string of the molecule is O=C1C(C=NCc2c(F)cccc2F)=C(O)CN1c1ccc(Cl)cc1. The number of carbonyl (C=O) groups is 1. The van der Waals surface area contributed by atoms with E-state index in [1.54, 1.807) is 24.3 Å². The molecule has 0 saturated carbocycles. The molecule has 128 valence electrons. The fourth-order valence-corrected chi connectivity index (χ4v) is 2.57. The fourth-order valence-electron chi connectivity index (χ4n) is 2.45. The van der Waals surface area contributed by atoms with Gasteiger partial charge in [0.25, 0.3) is 5.91 Å². The van der Waals surface area contributed by atoms with Crippen molar-refractivity contribution in [2.24, 2.45) is 4.99 Å². The molecule has 25 heavy (non-hydrogen) atoms. The lowest BCUT2D eigenvalue weighted by Crippen LogP contribution is -2.27. The van der Waals surface area contributed by atoms with Gasteiger partial charge in [-0.05, 0) is 36.4 Å². The average molecular weight is 363 g/mol. The maximum atomic E-state index is 13.6. The molecule has 0 aromatic heterocycles. The van der Waals surface area contributed by atoms with Gasteiger partial charge in [0, 0.05) is 22.5 Å². The molecule has 0 atom stereocenters. The second-order valence-corrected chi connectivity index (χ2v) is 5.83. The summed E-state index contributed by atoms with van der Waals surface area (Å²) in [5.41, 5.74) is 0.370. The lowest BCUT2D eigenvalue weighted by atomic mass is 10.2. The summed E-state index contributed by atoms with van der Waals surface area (Å²) < 4.78 is 27.1. The maximum absolute atomic E-state index is 13.6. The van der Waals surface area contributed by atoms with Crippen LogP contribution in [0.5, 0.6) is 0 Å². The van der Waals surface area contributed by atoms with E-state index in [2.05, 4.69) is 4.99 Å². The predicted molar refractivity (Wildman–Crippen MR) is 92.0 cm³/mol. The first-order valence-electron chi connectivity index (χ1n) is 7.39. The standard InChI is InChI=1S/C18H13ClF2N2O2/c19-11-4-6-12(7-5-11)23-10-17(24)14(18(23)25)9-22-8-13-15(20)2-1-3-16(13)21/h1-7,9,24H,8,10H2. The Labute approximate surface area is 147 Å². The van der Waals surface area contributed by atoms with Gasteiger partial charge in [-0.2, -0.15) is 0 Å². The first kappa shape index (κ1) is 17.1. The van der Waals surface area contributed by atoms with Crippen LogP contribution in [0.3, 0.4) is 0 Å². The van der Waals surface area contributed by atoms with Crippen LogP contribution in [0.25, 0.3) is 0 Å². The Morgan fingerprint density at radius 1 is 1.16 bits per heavy atom. The third kappa shape index (κ3) is 3.53. The van der Waals surface area contributed by atoms with Crippen molar-refractivity contribution in [2.45, 2.75) is 6.54 Å². The molecule has 1 amide bonds. The number of hydrogen-bond acceptors (Lipinski definition) is 3. The largest absolute Gasteiger partial charge is 0.510 e. The number of hydrogen-bond donors (Lipinski definition) is 1. The molecule has 1 aliphatic rings. The predicted octanol–water partition coefficient (Wildman–Crippen LogP) is 4.05. The highest BCUT2D eigenvalue weighted by molar-refractivity contribution is 6.30. The Bertz CT molecular complexity index is 859. The number of rotatable bonds is 4. The zero-order chi connectivity index (χ0) is 18.0. The normalized spacial score (nSPS) is 14.8. The van der Waals surface area contributed by atoms with Crippen LogP contribution < -0.4 is 4.90 Å². The summed E-state index contributed by atoms with van der Waals surface area (Å²) in [6.45, 7) is -0.278. The van der Waals surface area contributed by atoms with Crippen LogP contribution in [0.4, 0.5) is 14.5 Å². The van der Waals surface area contributed by atoms with Crippen molar-refractivity contribution < 1.29 is 18.7 Å². The Balaban J connectivity index is 1.75. The molecule has 1 heterocycles. The summed E-state index contributed by atoms with van der Waals surface area (Å²) in [6.07, 6.45) is 1.14. The quantitative estimate of drug-likeness (QED) is 0.834. The summed E-state index contributed by atoms with van der Waals surface area (Å²) in [7, 11) is 0. The van der Waals surface area contributed by atoms with Crippen molar-refractivity contribution in [1.82, 2.24) is 0 Å². The number of benzene rings is 2. The highest BCUT2D eigenvalue weighted by Gasteiger charge is 2.30. The Kier molecular flexibility index (Phi) is 4.81. The van der Waals surface area contributed by atoms with Gasteiger partial charge in [0.2, 0.25) is 0 Å². The van der Waals surface area contributed by atoms with Gasteiger partial charge in [-0.15, -0.1) is 0 Å². The van der Waals surface area contributed by atoms with E-state index < -0.39 is 17.5 Å². The van der Waals surface area contributed by atoms with E-state index in [0.29, 0.717) is 10.7 Å². The van der Waals surface area contributed by atoms with E-state index in [0.717, 1.165) is 18.3 Å². The summed E-state index contributed by atoms with van der Waals surface area (Å²) in [5, 5.41) is 10.5. The van der Waals surface area contributed by atoms with Crippen LogP contribution in [-0.2, 0) is 11.3 Å². The third-order valence-corrected chi connectivity index (χ3v) is 4.02. The first-order chi connectivity index (χ1) is 12.0. The second-order valence-electron chi connectivity index (χ2n) is 5.40. The molecule has 1 aliphatic heterocycles. The minimum absolute atomic E-state index is 0.00409. The summed E-state index contributed by atoms with van der Waals surface area (Å²) in [6, 6.07) is 10.1. The third-order valence-electron chi connectivity index (χ3n) is 3.76. The summed E-state index contributed by atoms with van der Waals surface area (Å²) >= 11 is 5.82. The minimum Gasteiger partial charge on any atom is -0.510 e. The van der Waals surface area contributed by atoms with Crippen LogP contribution in [0, 0.1) is 11.6 Å². The molecular weight excluding hydrogens is 350 g/mol. The van der Waals surface area contributed by atoms with Crippen molar-refractivity contribution in [3.63, 3.8) is 0 Å². The zero-order valence-electron chi connectivity index (χ0n) is 12.9. The van der Waals surface area contributed by atoms with Gasteiger partial charge in [0.1, 0.15) is 17.4 Å². The fraction of sp³-hybridized carbons (Fsp3) is 0.111. The second kappa shape index (κ2) is 7.03. The van der Waals surface area contributed by atoms with Gasteiger partial charge < -0.3 is 10.0 Å².